The number of hydrogen-bond acceptors (Lipinski definition) is 4. The van der Waals surface area contributed by atoms with Crippen molar-refractivity contribution in [2.45, 2.75) is 38.2 Å². The molecule has 1 N–H and O–H groups in total. The third kappa shape index (κ3) is 3.17. The molecule has 0 spiro atoms. The Kier molecular flexibility index (Phi) is 4.42. The Labute approximate surface area is 113 Å². The number of aromatic nitrogens is 2. The molecule has 0 saturated heterocycles. The highest BCUT2D eigenvalue weighted by Crippen LogP contribution is 2.26. The van der Waals surface area contributed by atoms with Gasteiger partial charge in [0.1, 0.15) is 19.0 Å². The van der Waals surface area contributed by atoms with Gasteiger partial charge in [0.2, 0.25) is 0 Å². The van der Waals surface area contributed by atoms with Crippen LogP contribution in [0.3, 0.4) is 0 Å². The fourth-order valence-electron chi connectivity index (χ4n) is 2.10. The summed E-state index contributed by atoms with van der Waals surface area (Å²) in [5.41, 5.74) is 1.89. The molecule has 1 aliphatic carbocycles. The van der Waals surface area contributed by atoms with Crippen molar-refractivity contribution in [2.24, 2.45) is 0 Å². The van der Waals surface area contributed by atoms with Crippen molar-refractivity contribution < 1.29 is 22.3 Å². The second-order valence-corrected chi connectivity index (χ2v) is 4.57. The number of nitrogens with one attached hydrogen (secondary N) is 1. The molecule has 0 radical (unpaired) electrons. The molecular weight excluding hydrogens is 278 g/mol. The summed E-state index contributed by atoms with van der Waals surface area (Å²) in [6, 6.07) is 0. The number of fused-ring (bicyclic) bond motifs is 1. The Morgan fingerprint density at radius 3 is 2.70 bits per heavy atom. The number of nitrogens with zero attached hydrogens (tertiary/aromatic N) is 2. The van der Waals surface area contributed by atoms with Crippen molar-refractivity contribution in [3.05, 3.63) is 17.1 Å². The zero-order valence-electron chi connectivity index (χ0n) is 10.9. The molecule has 8 heteroatoms. The monoisotopic (exact) mass is 293 g/mol. The zero-order chi connectivity index (χ0) is 14.8. The fourth-order valence-corrected chi connectivity index (χ4v) is 2.10. The standard InChI is InChI=1S/C12H15F4N3O/c1-17-10-7-3-2-4-8(7)18-9(19-10)5-20-6-12(15,16)11(13)14/h11H,2-6H2,1H3,(H,17,18,19). The number of alkyl halides is 4. The molecule has 20 heavy (non-hydrogen) atoms. The number of hydrogen-bond donors (Lipinski definition) is 1. The van der Waals surface area contributed by atoms with E-state index in [2.05, 4.69) is 20.0 Å². The van der Waals surface area contributed by atoms with Crippen LogP contribution < -0.4 is 5.32 Å². The lowest BCUT2D eigenvalue weighted by atomic mass is 10.2. The van der Waals surface area contributed by atoms with Crippen LogP contribution in [0.5, 0.6) is 0 Å². The Morgan fingerprint density at radius 2 is 2.05 bits per heavy atom. The molecule has 1 aromatic rings. The number of halogens is 4. The molecule has 1 aliphatic rings. The fraction of sp³-hybridized carbons (Fsp3) is 0.667. The molecule has 112 valence electrons. The zero-order valence-corrected chi connectivity index (χ0v) is 10.9. The molecule has 0 fully saturated rings. The van der Waals surface area contributed by atoms with Crippen LogP contribution in [-0.2, 0) is 24.2 Å². The van der Waals surface area contributed by atoms with E-state index in [9.17, 15) is 17.6 Å². The van der Waals surface area contributed by atoms with Gasteiger partial charge < -0.3 is 10.1 Å². The summed E-state index contributed by atoms with van der Waals surface area (Å²) in [7, 11) is 1.70. The highest BCUT2D eigenvalue weighted by molar-refractivity contribution is 5.48. The normalized spacial score (nSPS) is 14.7. The second kappa shape index (κ2) is 5.90. The first-order valence-corrected chi connectivity index (χ1v) is 6.24. The van der Waals surface area contributed by atoms with E-state index in [1.807, 2.05) is 0 Å². The van der Waals surface area contributed by atoms with E-state index < -0.39 is 19.0 Å². The predicted molar refractivity (Wildman–Crippen MR) is 64.2 cm³/mol. The topological polar surface area (TPSA) is 47.0 Å². The van der Waals surface area contributed by atoms with Gasteiger partial charge in [-0.15, -0.1) is 0 Å². The highest BCUT2D eigenvalue weighted by atomic mass is 19.3. The van der Waals surface area contributed by atoms with E-state index in [1.165, 1.54) is 0 Å². The molecule has 0 amide bonds. The van der Waals surface area contributed by atoms with E-state index in [1.54, 1.807) is 7.05 Å². The maximum Gasteiger partial charge on any atom is 0.330 e. The van der Waals surface area contributed by atoms with Crippen LogP contribution in [0.15, 0.2) is 0 Å². The number of rotatable bonds is 6. The molecule has 1 aromatic heterocycles. The van der Waals surface area contributed by atoms with Gasteiger partial charge in [-0.05, 0) is 19.3 Å². The van der Waals surface area contributed by atoms with Crippen LogP contribution in [-0.4, -0.2) is 36.0 Å². The van der Waals surface area contributed by atoms with Gasteiger partial charge in [0, 0.05) is 18.3 Å². The summed E-state index contributed by atoms with van der Waals surface area (Å²) >= 11 is 0. The Morgan fingerprint density at radius 1 is 1.30 bits per heavy atom. The molecule has 4 nitrogen and oxygen atoms in total. The van der Waals surface area contributed by atoms with Crippen molar-refractivity contribution in [2.75, 3.05) is 19.0 Å². The van der Waals surface area contributed by atoms with Crippen LogP contribution in [0.1, 0.15) is 23.5 Å². The van der Waals surface area contributed by atoms with Gasteiger partial charge in [-0.2, -0.15) is 8.78 Å². The molecule has 0 unspecified atom stereocenters. The summed E-state index contributed by atoms with van der Waals surface area (Å²) in [5, 5.41) is 2.92. The number of anilines is 1. The first-order chi connectivity index (χ1) is 9.44. The third-order valence-corrected chi connectivity index (χ3v) is 3.06. The molecule has 0 aliphatic heterocycles. The van der Waals surface area contributed by atoms with Crippen molar-refractivity contribution in [3.8, 4) is 0 Å². The summed E-state index contributed by atoms with van der Waals surface area (Å²) in [4.78, 5) is 8.37. The average molecular weight is 293 g/mol. The predicted octanol–water partition coefficient (Wildman–Crippen LogP) is 2.42. The summed E-state index contributed by atoms with van der Waals surface area (Å²) in [6.45, 7) is -1.66. The minimum atomic E-state index is -4.15. The third-order valence-electron chi connectivity index (χ3n) is 3.06. The number of aryl methyl sites for hydroxylation is 1. The van der Waals surface area contributed by atoms with Crippen molar-refractivity contribution >= 4 is 5.82 Å². The Hall–Kier alpha value is -1.44. The van der Waals surface area contributed by atoms with E-state index in [4.69, 9.17) is 0 Å². The van der Waals surface area contributed by atoms with Gasteiger partial charge >= 0.3 is 12.3 Å². The van der Waals surface area contributed by atoms with Crippen LogP contribution >= 0.6 is 0 Å². The van der Waals surface area contributed by atoms with Crippen LogP contribution in [0, 0.1) is 0 Å². The molecule has 0 aromatic carbocycles. The van der Waals surface area contributed by atoms with Crippen molar-refractivity contribution in [1.82, 2.24) is 9.97 Å². The average Bonchev–Trinajstić information content (AvgIpc) is 2.85. The molecule has 2 rings (SSSR count). The van der Waals surface area contributed by atoms with E-state index >= 15 is 0 Å². The maximum absolute atomic E-state index is 12.7. The molecule has 0 bridgehead atoms. The molecule has 0 saturated carbocycles. The van der Waals surface area contributed by atoms with Crippen molar-refractivity contribution in [1.29, 1.82) is 0 Å². The SMILES string of the molecule is CNc1nc(COCC(F)(F)C(F)F)nc2c1CCC2. The second-order valence-electron chi connectivity index (χ2n) is 4.57. The lowest BCUT2D eigenvalue weighted by molar-refractivity contribution is -0.168. The van der Waals surface area contributed by atoms with Crippen LogP contribution in [0.2, 0.25) is 0 Å². The van der Waals surface area contributed by atoms with E-state index in [-0.39, 0.29) is 12.4 Å². The smallest absolute Gasteiger partial charge is 0.330 e. The van der Waals surface area contributed by atoms with Gasteiger partial charge in [0.25, 0.3) is 0 Å². The maximum atomic E-state index is 12.7. The van der Waals surface area contributed by atoms with Crippen LogP contribution in [0.4, 0.5) is 23.4 Å². The minimum Gasteiger partial charge on any atom is -0.373 e. The Bertz CT molecular complexity index is 482. The molecule has 1 heterocycles. The minimum absolute atomic E-state index is 0.222. The summed E-state index contributed by atoms with van der Waals surface area (Å²) in [6.07, 6.45) is -1.11. The molecule has 0 atom stereocenters. The first kappa shape index (κ1) is 15.0. The largest absolute Gasteiger partial charge is 0.373 e. The quantitative estimate of drug-likeness (QED) is 0.818. The first-order valence-electron chi connectivity index (χ1n) is 6.24. The van der Waals surface area contributed by atoms with E-state index in [0.29, 0.717) is 5.82 Å². The lowest BCUT2D eigenvalue weighted by Gasteiger charge is -2.15. The van der Waals surface area contributed by atoms with Gasteiger partial charge in [0.05, 0.1) is 0 Å². The summed E-state index contributed by atoms with van der Waals surface area (Å²) in [5.74, 6) is -3.28. The molecular formula is C12H15F4N3O. The van der Waals surface area contributed by atoms with E-state index in [0.717, 1.165) is 30.5 Å². The summed E-state index contributed by atoms with van der Waals surface area (Å²) < 4.78 is 53.9. The number of ether oxygens (including phenoxy) is 1. The van der Waals surface area contributed by atoms with Crippen molar-refractivity contribution in [3.63, 3.8) is 0 Å². The van der Waals surface area contributed by atoms with Gasteiger partial charge in [-0.3, -0.25) is 0 Å². The van der Waals surface area contributed by atoms with Gasteiger partial charge in [-0.1, -0.05) is 0 Å². The highest BCUT2D eigenvalue weighted by Gasteiger charge is 2.41. The lowest BCUT2D eigenvalue weighted by Crippen LogP contribution is -2.32. The van der Waals surface area contributed by atoms with Gasteiger partial charge in [-0.25, -0.2) is 18.7 Å². The van der Waals surface area contributed by atoms with Crippen LogP contribution in [0.25, 0.3) is 0 Å². The van der Waals surface area contributed by atoms with Gasteiger partial charge in [0.15, 0.2) is 5.82 Å². The Balaban J connectivity index is 2.01.